The molecule has 1 N–H and O–H groups in total. The van der Waals surface area contributed by atoms with Crippen molar-refractivity contribution in [2.75, 3.05) is 6.54 Å². The van der Waals surface area contributed by atoms with E-state index in [4.69, 9.17) is 23.2 Å². The molecule has 1 aliphatic rings. The zero-order valence-corrected chi connectivity index (χ0v) is 23.7. The van der Waals surface area contributed by atoms with Gasteiger partial charge in [0, 0.05) is 19.4 Å². The van der Waals surface area contributed by atoms with Crippen molar-refractivity contribution in [1.82, 2.24) is 5.32 Å². The maximum Gasteiger partial charge on any atom is 1.00 e. The Bertz CT molecular complexity index is 682. The number of hydrogen-bond acceptors (Lipinski definition) is 1. The van der Waals surface area contributed by atoms with Crippen LogP contribution in [0.1, 0.15) is 71.4 Å². The van der Waals surface area contributed by atoms with Gasteiger partial charge in [-0.1, -0.05) is 62.2 Å². The van der Waals surface area contributed by atoms with Crippen molar-refractivity contribution in [2.45, 2.75) is 78.3 Å². The molecule has 4 atom stereocenters. The topological polar surface area (TPSA) is 43.2 Å². The summed E-state index contributed by atoms with van der Waals surface area (Å²) in [6, 6.07) is 2.08. The quantitative estimate of drug-likeness (QED) is 0.387. The van der Waals surface area contributed by atoms with Crippen LogP contribution in [0.3, 0.4) is 0 Å². The van der Waals surface area contributed by atoms with E-state index < -0.39 is 18.3 Å². The molecule has 9 heteroatoms. The van der Waals surface area contributed by atoms with Gasteiger partial charge in [-0.2, -0.15) is 0 Å². The smallest absolute Gasteiger partial charge is 0.655 e. The molecule has 1 aliphatic carbocycles. The number of carbonyl (C=O) groups is 1. The molecule has 0 heterocycles. The first-order valence-corrected chi connectivity index (χ1v) is 11.3. The van der Waals surface area contributed by atoms with Gasteiger partial charge >= 0.3 is 51.4 Å². The molecule has 2 unspecified atom stereocenters. The van der Waals surface area contributed by atoms with Crippen molar-refractivity contribution < 1.29 is 69.4 Å². The van der Waals surface area contributed by atoms with Gasteiger partial charge in [0.05, 0.1) is 10.0 Å². The summed E-state index contributed by atoms with van der Waals surface area (Å²) in [7, 11) is 0. The first-order valence-electron chi connectivity index (χ1n) is 10.5. The van der Waals surface area contributed by atoms with Crippen molar-refractivity contribution in [3.63, 3.8) is 0 Å². The van der Waals surface area contributed by atoms with E-state index in [1.165, 1.54) is 19.1 Å². The minimum absolute atomic E-state index is 0. The largest absolute Gasteiger partial charge is 1.00 e. The van der Waals surface area contributed by atoms with Crippen molar-refractivity contribution in [3.8, 4) is 0 Å². The molecule has 172 valence electrons. The standard InChI is InChI=1S/C20H26Cl2F3N2O.C2H6.K/c1-11(3-8-17(24)25)20(18-16(23)7-6-15(21)19(18)22)26-10-13-4-5-14(9-13)27-12(2)28;1-2;/h6-7,11,13-14,17,20H,3-5,8-10H2,1-2H3,(H,27,28);1-2H3;/q-1;;+1/t11-,13+,14?,20?;;/m0../s1. The Morgan fingerprint density at radius 2 is 1.87 bits per heavy atom. The third kappa shape index (κ3) is 10.6. The molecule has 1 aromatic carbocycles. The minimum atomic E-state index is -2.42. The van der Waals surface area contributed by atoms with Crippen molar-refractivity contribution in [2.24, 2.45) is 11.8 Å². The minimum Gasteiger partial charge on any atom is -0.655 e. The van der Waals surface area contributed by atoms with Gasteiger partial charge in [0.1, 0.15) is 5.82 Å². The summed E-state index contributed by atoms with van der Waals surface area (Å²) in [6.07, 6.45) is 0.0770. The van der Waals surface area contributed by atoms with Gasteiger partial charge in [-0.05, 0) is 37.0 Å². The Morgan fingerprint density at radius 1 is 1.23 bits per heavy atom. The number of nitrogens with zero attached hydrogens (tertiary/aromatic N) is 1. The van der Waals surface area contributed by atoms with Crippen LogP contribution in [0, 0.1) is 17.7 Å². The summed E-state index contributed by atoms with van der Waals surface area (Å²) in [4.78, 5) is 11.2. The van der Waals surface area contributed by atoms with Gasteiger partial charge in [-0.15, -0.1) is 12.6 Å². The van der Waals surface area contributed by atoms with Crippen LogP contribution in [0.25, 0.3) is 5.32 Å². The molecule has 1 amide bonds. The zero-order chi connectivity index (χ0) is 22.8. The van der Waals surface area contributed by atoms with Crippen LogP contribution in [-0.2, 0) is 4.79 Å². The van der Waals surface area contributed by atoms with Gasteiger partial charge in [0.15, 0.2) is 0 Å². The summed E-state index contributed by atoms with van der Waals surface area (Å²) in [5, 5.41) is 7.90. The molecule has 0 aliphatic heterocycles. The Hall–Kier alpha value is 0.656. The molecular formula is C22H32Cl2F3KN2O. The van der Waals surface area contributed by atoms with Crippen LogP contribution in [-0.4, -0.2) is 24.9 Å². The molecule has 31 heavy (non-hydrogen) atoms. The number of nitrogens with one attached hydrogen (secondary N) is 1. The van der Waals surface area contributed by atoms with E-state index >= 15 is 0 Å². The zero-order valence-electron chi connectivity index (χ0n) is 19.0. The van der Waals surface area contributed by atoms with Gasteiger partial charge in [0.25, 0.3) is 0 Å². The summed E-state index contributed by atoms with van der Waals surface area (Å²) in [6.45, 7) is 7.73. The maximum absolute atomic E-state index is 14.5. The second-order valence-corrected chi connectivity index (χ2v) is 8.37. The summed E-state index contributed by atoms with van der Waals surface area (Å²) in [5.74, 6) is -0.655. The fraction of sp³-hybridized carbons (Fsp3) is 0.682. The van der Waals surface area contributed by atoms with E-state index in [0.29, 0.717) is 6.54 Å². The Labute approximate surface area is 237 Å². The second kappa shape index (κ2) is 16.3. The van der Waals surface area contributed by atoms with Gasteiger partial charge in [0.2, 0.25) is 12.3 Å². The number of halogens is 5. The van der Waals surface area contributed by atoms with Crippen molar-refractivity contribution in [1.29, 1.82) is 0 Å². The van der Waals surface area contributed by atoms with Crippen molar-refractivity contribution in [3.05, 3.63) is 38.9 Å². The monoisotopic (exact) mass is 506 g/mol. The van der Waals surface area contributed by atoms with E-state index in [0.717, 1.165) is 19.3 Å². The van der Waals surface area contributed by atoms with Gasteiger partial charge in [-0.25, -0.2) is 13.2 Å². The number of carbonyl (C=O) groups excluding carboxylic acids is 1. The van der Waals surface area contributed by atoms with E-state index in [2.05, 4.69) is 10.6 Å². The first kappa shape index (κ1) is 31.7. The third-order valence-electron chi connectivity index (χ3n) is 5.26. The van der Waals surface area contributed by atoms with E-state index in [-0.39, 0.29) is 104 Å². The van der Waals surface area contributed by atoms with Crippen LogP contribution < -0.4 is 56.7 Å². The average molecular weight is 508 g/mol. The van der Waals surface area contributed by atoms with E-state index in [1.54, 1.807) is 6.92 Å². The Kier molecular flexibility index (Phi) is 16.7. The van der Waals surface area contributed by atoms with Crippen LogP contribution >= 0.6 is 23.2 Å². The van der Waals surface area contributed by atoms with Gasteiger partial charge in [-0.3, -0.25) is 4.79 Å². The van der Waals surface area contributed by atoms with Crippen molar-refractivity contribution >= 4 is 29.1 Å². The summed E-state index contributed by atoms with van der Waals surface area (Å²) in [5.41, 5.74) is 0.173. The summed E-state index contributed by atoms with van der Waals surface area (Å²) < 4.78 is 39.9. The predicted molar refractivity (Wildman–Crippen MR) is 118 cm³/mol. The molecule has 0 spiro atoms. The molecule has 1 aromatic rings. The summed E-state index contributed by atoms with van der Waals surface area (Å²) >= 11 is 12.3. The number of alkyl halides is 2. The van der Waals surface area contributed by atoms with Crippen LogP contribution in [0.5, 0.6) is 0 Å². The predicted octanol–water partition coefficient (Wildman–Crippen LogP) is 4.56. The third-order valence-corrected chi connectivity index (χ3v) is 6.08. The number of amides is 1. The van der Waals surface area contributed by atoms with Crippen LogP contribution in [0.15, 0.2) is 12.1 Å². The second-order valence-electron chi connectivity index (χ2n) is 7.59. The normalized spacial score (nSPS) is 19.8. The Morgan fingerprint density at radius 3 is 2.45 bits per heavy atom. The molecule has 3 nitrogen and oxygen atoms in total. The molecule has 0 aromatic heterocycles. The maximum atomic E-state index is 14.5. The number of hydrogen-bond donors (Lipinski definition) is 1. The fourth-order valence-electron chi connectivity index (χ4n) is 3.84. The van der Waals surface area contributed by atoms with Crippen LogP contribution in [0.2, 0.25) is 10.0 Å². The molecule has 0 radical (unpaired) electrons. The Balaban J connectivity index is 0.00000291. The molecule has 0 bridgehead atoms. The number of benzene rings is 1. The number of rotatable bonds is 9. The van der Waals surface area contributed by atoms with E-state index in [9.17, 15) is 18.0 Å². The molecule has 2 rings (SSSR count). The fourth-order valence-corrected chi connectivity index (χ4v) is 4.27. The molecular weight excluding hydrogens is 475 g/mol. The van der Waals surface area contributed by atoms with E-state index in [1.807, 2.05) is 13.8 Å². The average Bonchev–Trinajstić information content (AvgIpc) is 3.13. The van der Waals surface area contributed by atoms with Gasteiger partial charge < -0.3 is 10.6 Å². The SMILES string of the molecule is CC.CC(=O)NC1CC[C@@H](C[N-]C(c2c(F)ccc(Cl)c2Cl)[C@@H](C)CCC(F)F)C1.[K+]. The molecule has 1 fully saturated rings. The molecule has 1 saturated carbocycles. The molecule has 0 saturated heterocycles. The first-order chi connectivity index (χ1) is 14.2. The van der Waals surface area contributed by atoms with Crippen LogP contribution in [0.4, 0.5) is 13.2 Å².